The van der Waals surface area contributed by atoms with Crippen molar-refractivity contribution in [2.24, 2.45) is 5.41 Å². The highest BCUT2D eigenvalue weighted by Gasteiger charge is 2.53. The molecule has 0 unspecified atom stereocenters. The number of carbonyl (C=O) groups excluding carboxylic acids is 2. The molecule has 1 aromatic heterocycles. The minimum absolute atomic E-state index is 0.0908. The van der Waals surface area contributed by atoms with E-state index in [2.05, 4.69) is 25.8 Å². The Kier molecular flexibility index (Phi) is 7.26. The molecule has 11 nitrogen and oxygen atoms in total. The Morgan fingerprint density at radius 3 is 2.65 bits per heavy atom. The van der Waals surface area contributed by atoms with E-state index in [0.717, 1.165) is 63.0 Å². The van der Waals surface area contributed by atoms with Crippen LogP contribution in [0.2, 0.25) is 0 Å². The summed E-state index contributed by atoms with van der Waals surface area (Å²) in [6, 6.07) is 7.02. The minimum Gasteiger partial charge on any atom is -0.508 e. The van der Waals surface area contributed by atoms with Crippen molar-refractivity contribution in [3.63, 3.8) is 0 Å². The Balaban J connectivity index is 1.09. The van der Waals surface area contributed by atoms with Gasteiger partial charge in [0.15, 0.2) is 0 Å². The first-order valence-electron chi connectivity index (χ1n) is 14.4. The Morgan fingerprint density at radius 1 is 1.12 bits per heavy atom. The largest absolute Gasteiger partial charge is 0.508 e. The number of phenols is 1. The van der Waals surface area contributed by atoms with E-state index in [1.165, 1.54) is 6.42 Å². The average molecular weight is 550 g/mol. The van der Waals surface area contributed by atoms with E-state index in [9.17, 15) is 19.8 Å². The summed E-state index contributed by atoms with van der Waals surface area (Å²) in [6.45, 7) is 5.63. The highest BCUT2D eigenvalue weighted by atomic mass is 16.3. The second-order valence-corrected chi connectivity index (χ2v) is 12.0. The first kappa shape index (κ1) is 26.8. The Hall–Kier alpha value is -3.44. The molecule has 0 radical (unpaired) electrons. The fourth-order valence-electron chi connectivity index (χ4n) is 6.63. The number of carbonyl (C=O) groups is 2. The molecule has 3 fully saturated rings. The van der Waals surface area contributed by atoms with Crippen LogP contribution in [-0.4, -0.2) is 87.8 Å². The molecule has 4 aliphatic rings. The number of amides is 2. The number of nitrogens with one attached hydrogen (secondary N) is 3. The van der Waals surface area contributed by atoms with Crippen molar-refractivity contribution in [1.82, 2.24) is 25.5 Å². The molecule has 2 saturated heterocycles. The van der Waals surface area contributed by atoms with Gasteiger partial charge in [-0.15, -0.1) is 0 Å². The van der Waals surface area contributed by atoms with Crippen LogP contribution >= 0.6 is 0 Å². The highest BCUT2D eigenvalue weighted by Crippen LogP contribution is 2.49. The molecule has 3 aliphatic heterocycles. The predicted octanol–water partition coefficient (Wildman–Crippen LogP) is 1.40. The molecular formula is C29H39N7O4. The van der Waals surface area contributed by atoms with E-state index in [-0.39, 0.29) is 47.3 Å². The number of benzene rings is 1. The van der Waals surface area contributed by atoms with Gasteiger partial charge in [0.2, 0.25) is 11.9 Å². The summed E-state index contributed by atoms with van der Waals surface area (Å²) in [6.07, 6.45) is 5.11. The second kappa shape index (κ2) is 10.9. The van der Waals surface area contributed by atoms with Crippen molar-refractivity contribution in [3.05, 3.63) is 41.1 Å². The lowest BCUT2D eigenvalue weighted by Crippen LogP contribution is -2.65. The number of anilines is 2. The van der Waals surface area contributed by atoms with Gasteiger partial charge in [-0.2, -0.15) is 4.98 Å². The smallest absolute Gasteiger partial charge is 0.270 e. The zero-order valence-corrected chi connectivity index (χ0v) is 23.0. The number of nitrogens with zero attached hydrogens (tertiary/aromatic N) is 4. The standard InChI is InChI=1S/C29H39N7O4/c1-18(37)36-16-29(17-36)12-21(13-29)32-26-11-24(33-28(34-26)35-7-3-2-4-8-35)27(40)31-15-25(39)23-10-19-5-6-22(38)9-20(19)14-30-23/h5-6,9,11,21,23,25,30,38-39H,2-4,7-8,10,12-17H2,1H3,(H,31,40)(H,32,33,34)/t23-,25+/m0/s1. The monoisotopic (exact) mass is 549 g/mol. The molecule has 11 heteroatoms. The van der Waals surface area contributed by atoms with Crippen molar-refractivity contribution >= 4 is 23.6 Å². The van der Waals surface area contributed by atoms with Crippen LogP contribution in [0.25, 0.3) is 0 Å². The lowest BCUT2D eigenvalue weighted by atomic mass is 9.60. The van der Waals surface area contributed by atoms with Gasteiger partial charge in [-0.05, 0) is 61.8 Å². The predicted molar refractivity (Wildman–Crippen MR) is 150 cm³/mol. The number of hydrogen-bond acceptors (Lipinski definition) is 9. The van der Waals surface area contributed by atoms with E-state index >= 15 is 0 Å². The third-order valence-electron chi connectivity index (χ3n) is 8.92. The maximum atomic E-state index is 13.2. The summed E-state index contributed by atoms with van der Waals surface area (Å²) >= 11 is 0. The normalized spacial score (nSPS) is 22.6. The molecule has 2 atom stereocenters. The lowest BCUT2D eigenvalue weighted by molar-refractivity contribution is -0.147. The van der Waals surface area contributed by atoms with Crippen LogP contribution in [0.4, 0.5) is 11.8 Å². The summed E-state index contributed by atoms with van der Waals surface area (Å²) in [4.78, 5) is 38.2. The van der Waals surface area contributed by atoms with Gasteiger partial charge in [-0.25, -0.2) is 4.98 Å². The van der Waals surface area contributed by atoms with Gasteiger partial charge in [-0.1, -0.05) is 6.07 Å². The SMILES string of the molecule is CC(=O)N1CC2(CC(Nc3cc(C(=O)NC[C@@H](O)[C@@H]4Cc5ccc(O)cc5CN4)nc(N4CCCCC4)n3)C2)C1. The molecule has 6 rings (SSSR count). The van der Waals surface area contributed by atoms with Crippen LogP contribution in [0.5, 0.6) is 5.75 Å². The quantitative estimate of drug-likeness (QED) is 0.346. The zero-order chi connectivity index (χ0) is 27.9. The van der Waals surface area contributed by atoms with Gasteiger partial charge in [0.25, 0.3) is 5.91 Å². The second-order valence-electron chi connectivity index (χ2n) is 12.0. The number of aromatic hydroxyl groups is 1. The van der Waals surface area contributed by atoms with E-state index in [1.54, 1.807) is 25.1 Å². The highest BCUT2D eigenvalue weighted by molar-refractivity contribution is 5.93. The molecule has 4 heterocycles. The summed E-state index contributed by atoms with van der Waals surface area (Å²) in [7, 11) is 0. The summed E-state index contributed by atoms with van der Waals surface area (Å²) in [5.41, 5.74) is 2.60. The molecule has 2 aromatic rings. The molecule has 1 aliphatic carbocycles. The third kappa shape index (κ3) is 5.57. The number of hydrogen-bond donors (Lipinski definition) is 5. The molecule has 1 aromatic carbocycles. The third-order valence-corrected chi connectivity index (χ3v) is 8.92. The van der Waals surface area contributed by atoms with Gasteiger partial charge < -0.3 is 36.0 Å². The minimum atomic E-state index is -0.782. The van der Waals surface area contributed by atoms with Gasteiger partial charge in [0.1, 0.15) is 17.3 Å². The fraction of sp³-hybridized carbons (Fsp3) is 0.586. The van der Waals surface area contributed by atoms with Gasteiger partial charge in [0, 0.05) is 69.8 Å². The molecular weight excluding hydrogens is 510 g/mol. The van der Waals surface area contributed by atoms with Crippen molar-refractivity contribution in [2.45, 2.75) is 70.2 Å². The molecule has 40 heavy (non-hydrogen) atoms. The molecule has 0 bridgehead atoms. The van der Waals surface area contributed by atoms with E-state index in [4.69, 9.17) is 4.98 Å². The van der Waals surface area contributed by atoms with Crippen LogP contribution in [0.1, 0.15) is 60.6 Å². The molecule has 5 N–H and O–H groups in total. The molecule has 214 valence electrons. The van der Waals surface area contributed by atoms with E-state index in [1.807, 2.05) is 11.0 Å². The van der Waals surface area contributed by atoms with Crippen LogP contribution in [-0.2, 0) is 17.8 Å². The van der Waals surface area contributed by atoms with Crippen molar-refractivity contribution in [3.8, 4) is 5.75 Å². The Morgan fingerprint density at radius 2 is 1.90 bits per heavy atom. The number of likely N-dealkylation sites (tertiary alicyclic amines) is 1. The zero-order valence-electron chi connectivity index (χ0n) is 23.0. The first-order chi connectivity index (χ1) is 19.3. The molecule has 1 spiro atoms. The van der Waals surface area contributed by atoms with Gasteiger partial charge in [-0.3, -0.25) is 9.59 Å². The maximum absolute atomic E-state index is 13.2. The Bertz CT molecular complexity index is 1270. The first-order valence-corrected chi connectivity index (χ1v) is 14.4. The van der Waals surface area contributed by atoms with Crippen LogP contribution in [0.15, 0.2) is 24.3 Å². The number of aliphatic hydroxyl groups is 1. The lowest BCUT2D eigenvalue weighted by Gasteiger charge is -2.59. The topological polar surface area (TPSA) is 143 Å². The van der Waals surface area contributed by atoms with Crippen molar-refractivity contribution in [1.29, 1.82) is 0 Å². The van der Waals surface area contributed by atoms with Crippen molar-refractivity contribution < 1.29 is 19.8 Å². The van der Waals surface area contributed by atoms with Gasteiger partial charge in [0.05, 0.1) is 6.10 Å². The molecule has 1 saturated carbocycles. The average Bonchev–Trinajstić information content (AvgIpc) is 2.91. The van der Waals surface area contributed by atoms with Crippen LogP contribution < -0.4 is 20.9 Å². The number of aromatic nitrogens is 2. The van der Waals surface area contributed by atoms with Crippen molar-refractivity contribution in [2.75, 3.05) is 42.9 Å². The van der Waals surface area contributed by atoms with E-state index in [0.29, 0.717) is 24.7 Å². The van der Waals surface area contributed by atoms with E-state index < -0.39 is 6.10 Å². The number of fused-ring (bicyclic) bond motifs is 1. The molecule has 2 amide bonds. The maximum Gasteiger partial charge on any atom is 0.270 e. The number of aliphatic hydroxyl groups excluding tert-OH is 1. The fourth-order valence-corrected chi connectivity index (χ4v) is 6.63. The number of rotatable bonds is 7. The van der Waals surface area contributed by atoms with Gasteiger partial charge >= 0.3 is 0 Å². The Labute approximate surface area is 234 Å². The van der Waals surface area contributed by atoms with Crippen LogP contribution in [0.3, 0.4) is 0 Å². The summed E-state index contributed by atoms with van der Waals surface area (Å²) in [5.74, 6) is 1.22. The number of phenolic OH excluding ortho intramolecular Hbond substituents is 1. The number of piperidine rings is 1. The summed E-state index contributed by atoms with van der Waals surface area (Å²) in [5, 5.41) is 30.3. The van der Waals surface area contributed by atoms with Crippen LogP contribution in [0, 0.1) is 5.41 Å². The summed E-state index contributed by atoms with van der Waals surface area (Å²) < 4.78 is 0.